The molecule has 0 saturated heterocycles. The first-order chi connectivity index (χ1) is 9.58. The molecule has 0 unspecified atom stereocenters. The number of aryl methyl sites for hydroxylation is 1. The van der Waals surface area contributed by atoms with Gasteiger partial charge in [0, 0.05) is 32.8 Å². The Morgan fingerprint density at radius 1 is 1.40 bits per heavy atom. The molecule has 0 saturated carbocycles. The number of hydrogen-bond acceptors (Lipinski definition) is 4. The Morgan fingerprint density at radius 3 is 2.95 bits per heavy atom. The van der Waals surface area contributed by atoms with Crippen LogP contribution in [0.4, 0.5) is 5.82 Å². The molecule has 2 aromatic heterocycles. The second-order valence-corrected chi connectivity index (χ2v) is 5.26. The summed E-state index contributed by atoms with van der Waals surface area (Å²) >= 11 is 0. The molecule has 0 aliphatic heterocycles. The molecule has 20 heavy (non-hydrogen) atoms. The van der Waals surface area contributed by atoms with E-state index in [2.05, 4.69) is 34.4 Å². The van der Waals surface area contributed by atoms with Gasteiger partial charge in [-0.15, -0.1) is 0 Å². The van der Waals surface area contributed by atoms with E-state index < -0.39 is 0 Å². The van der Waals surface area contributed by atoms with Gasteiger partial charge in [0.05, 0.1) is 11.8 Å². The fourth-order valence-electron chi connectivity index (χ4n) is 1.89. The van der Waals surface area contributed by atoms with E-state index in [4.69, 9.17) is 0 Å². The van der Waals surface area contributed by atoms with Crippen LogP contribution in [0.15, 0.2) is 18.6 Å². The Balaban J connectivity index is 1.88. The molecule has 0 spiro atoms. The lowest BCUT2D eigenvalue weighted by Crippen LogP contribution is -2.28. The van der Waals surface area contributed by atoms with Gasteiger partial charge >= 0.3 is 0 Å². The number of aromatic nitrogens is 3. The third-order valence-electron chi connectivity index (χ3n) is 2.99. The fraction of sp³-hybridized carbons (Fsp3) is 0.500. The van der Waals surface area contributed by atoms with Gasteiger partial charge in [0.1, 0.15) is 5.52 Å². The number of rotatable bonds is 6. The summed E-state index contributed by atoms with van der Waals surface area (Å²) in [7, 11) is 1.94. The monoisotopic (exact) mass is 275 g/mol. The minimum atomic E-state index is 0.0550. The predicted octanol–water partition coefficient (Wildman–Crippen LogP) is 1.54. The largest absolute Gasteiger partial charge is 0.368 e. The first-order valence-electron chi connectivity index (χ1n) is 6.84. The van der Waals surface area contributed by atoms with Crippen molar-refractivity contribution in [3.05, 3.63) is 18.6 Å². The molecule has 2 rings (SSSR count). The lowest BCUT2D eigenvalue weighted by molar-refractivity contribution is -0.120. The predicted molar refractivity (Wildman–Crippen MR) is 79.5 cm³/mol. The molecule has 0 atom stereocenters. The SMILES string of the molecule is CC(C)CNC(=O)CCNc1nccc2c1ncn2C. The van der Waals surface area contributed by atoms with Gasteiger partial charge in [-0.25, -0.2) is 9.97 Å². The Kier molecular flexibility index (Phi) is 4.55. The van der Waals surface area contributed by atoms with E-state index in [9.17, 15) is 4.79 Å². The zero-order valence-corrected chi connectivity index (χ0v) is 12.2. The smallest absolute Gasteiger partial charge is 0.221 e. The van der Waals surface area contributed by atoms with Crippen molar-refractivity contribution in [1.82, 2.24) is 19.9 Å². The number of nitrogens with zero attached hydrogens (tertiary/aromatic N) is 3. The van der Waals surface area contributed by atoms with Crippen LogP contribution in [-0.2, 0) is 11.8 Å². The van der Waals surface area contributed by atoms with Crippen molar-refractivity contribution < 1.29 is 4.79 Å². The molecule has 0 aliphatic rings. The lowest BCUT2D eigenvalue weighted by Gasteiger charge is -2.09. The van der Waals surface area contributed by atoms with Gasteiger partial charge in [0.25, 0.3) is 0 Å². The summed E-state index contributed by atoms with van der Waals surface area (Å²) in [5.74, 6) is 1.25. The van der Waals surface area contributed by atoms with Crippen molar-refractivity contribution in [1.29, 1.82) is 0 Å². The molecule has 1 amide bonds. The Morgan fingerprint density at radius 2 is 2.20 bits per heavy atom. The summed E-state index contributed by atoms with van der Waals surface area (Å²) in [6.07, 6.45) is 3.93. The first kappa shape index (κ1) is 14.3. The molecule has 6 nitrogen and oxygen atoms in total. The molecule has 2 N–H and O–H groups in total. The number of pyridine rings is 1. The van der Waals surface area contributed by atoms with Crippen molar-refractivity contribution in [2.24, 2.45) is 13.0 Å². The van der Waals surface area contributed by atoms with Gasteiger partial charge in [-0.1, -0.05) is 13.8 Å². The van der Waals surface area contributed by atoms with Crippen LogP contribution in [0.25, 0.3) is 11.0 Å². The third kappa shape index (κ3) is 3.46. The van der Waals surface area contributed by atoms with Crippen LogP contribution < -0.4 is 10.6 Å². The highest BCUT2D eigenvalue weighted by Crippen LogP contribution is 2.18. The van der Waals surface area contributed by atoms with E-state index in [0.29, 0.717) is 25.4 Å². The van der Waals surface area contributed by atoms with Crippen LogP contribution in [-0.4, -0.2) is 33.5 Å². The van der Waals surface area contributed by atoms with Gasteiger partial charge in [-0.3, -0.25) is 4.79 Å². The molecule has 0 radical (unpaired) electrons. The summed E-state index contributed by atoms with van der Waals surface area (Å²) in [6.45, 7) is 5.41. The fourth-order valence-corrected chi connectivity index (χ4v) is 1.89. The summed E-state index contributed by atoms with van der Waals surface area (Å²) in [6, 6.07) is 1.92. The molecular formula is C14H21N5O. The van der Waals surface area contributed by atoms with Crippen molar-refractivity contribution in [2.45, 2.75) is 20.3 Å². The van der Waals surface area contributed by atoms with Gasteiger partial charge in [0.2, 0.25) is 5.91 Å². The zero-order valence-electron chi connectivity index (χ0n) is 12.2. The number of nitrogens with one attached hydrogen (secondary N) is 2. The Bertz CT molecular complexity index is 590. The summed E-state index contributed by atoms with van der Waals surface area (Å²) in [5, 5.41) is 6.06. The number of imidazole rings is 1. The number of amides is 1. The van der Waals surface area contributed by atoms with Crippen LogP contribution in [0.1, 0.15) is 20.3 Å². The molecule has 6 heteroatoms. The highest BCUT2D eigenvalue weighted by Gasteiger charge is 2.07. The number of hydrogen-bond donors (Lipinski definition) is 2. The molecule has 0 aromatic carbocycles. The van der Waals surface area contributed by atoms with Crippen LogP contribution in [0.2, 0.25) is 0 Å². The maximum absolute atomic E-state index is 11.6. The van der Waals surface area contributed by atoms with Crippen molar-refractivity contribution >= 4 is 22.8 Å². The van der Waals surface area contributed by atoms with E-state index in [1.165, 1.54) is 0 Å². The van der Waals surface area contributed by atoms with Crippen molar-refractivity contribution in [3.8, 4) is 0 Å². The Hall–Kier alpha value is -2.11. The standard InChI is InChI=1S/C14H21N5O/c1-10(2)8-17-12(20)5-7-16-14-13-11(4-6-15-14)19(3)9-18-13/h4,6,9-10H,5,7-8H2,1-3H3,(H,15,16)(H,17,20). The average Bonchev–Trinajstić information content (AvgIpc) is 2.79. The van der Waals surface area contributed by atoms with Gasteiger partial charge in [-0.05, 0) is 12.0 Å². The summed E-state index contributed by atoms with van der Waals surface area (Å²) in [4.78, 5) is 20.2. The molecule has 0 aliphatic carbocycles. The van der Waals surface area contributed by atoms with E-state index in [1.807, 2.05) is 17.7 Å². The topological polar surface area (TPSA) is 71.8 Å². The zero-order chi connectivity index (χ0) is 14.5. The van der Waals surface area contributed by atoms with Crippen LogP contribution >= 0.6 is 0 Å². The summed E-state index contributed by atoms with van der Waals surface area (Å²) in [5.41, 5.74) is 1.85. The van der Waals surface area contributed by atoms with Crippen LogP contribution in [0.5, 0.6) is 0 Å². The maximum atomic E-state index is 11.6. The number of anilines is 1. The second kappa shape index (κ2) is 6.36. The normalized spacial score (nSPS) is 11.0. The van der Waals surface area contributed by atoms with Crippen LogP contribution in [0.3, 0.4) is 0 Å². The van der Waals surface area contributed by atoms with Crippen molar-refractivity contribution in [2.75, 3.05) is 18.4 Å². The Labute approximate surface area is 118 Å². The molecular weight excluding hydrogens is 254 g/mol. The number of fused-ring (bicyclic) bond motifs is 1. The van der Waals surface area contributed by atoms with Crippen molar-refractivity contribution in [3.63, 3.8) is 0 Å². The first-order valence-corrected chi connectivity index (χ1v) is 6.84. The van der Waals surface area contributed by atoms with Gasteiger partial charge in [-0.2, -0.15) is 0 Å². The molecule has 108 valence electrons. The van der Waals surface area contributed by atoms with Crippen LogP contribution in [0, 0.1) is 5.92 Å². The minimum Gasteiger partial charge on any atom is -0.368 e. The minimum absolute atomic E-state index is 0.0550. The number of carbonyl (C=O) groups excluding carboxylic acids is 1. The molecule has 0 bridgehead atoms. The van der Waals surface area contributed by atoms with E-state index in [1.54, 1.807) is 12.5 Å². The maximum Gasteiger partial charge on any atom is 0.221 e. The van der Waals surface area contributed by atoms with Gasteiger partial charge in [0.15, 0.2) is 5.82 Å². The number of carbonyl (C=O) groups is 1. The summed E-state index contributed by atoms with van der Waals surface area (Å²) < 4.78 is 1.94. The van der Waals surface area contributed by atoms with E-state index in [0.717, 1.165) is 16.9 Å². The van der Waals surface area contributed by atoms with E-state index in [-0.39, 0.29) is 5.91 Å². The molecule has 2 heterocycles. The lowest BCUT2D eigenvalue weighted by atomic mass is 10.2. The quantitative estimate of drug-likeness (QED) is 0.839. The molecule has 0 fully saturated rings. The van der Waals surface area contributed by atoms with Gasteiger partial charge < -0.3 is 15.2 Å². The second-order valence-electron chi connectivity index (χ2n) is 5.26. The average molecular weight is 275 g/mol. The molecule has 2 aromatic rings. The van der Waals surface area contributed by atoms with E-state index >= 15 is 0 Å². The highest BCUT2D eigenvalue weighted by molar-refractivity contribution is 5.86. The highest BCUT2D eigenvalue weighted by atomic mass is 16.1. The third-order valence-corrected chi connectivity index (χ3v) is 2.99.